The zero-order valence-corrected chi connectivity index (χ0v) is 29.5. The summed E-state index contributed by atoms with van der Waals surface area (Å²) >= 11 is 0. The molecule has 8 aromatic carbocycles. The Morgan fingerprint density at radius 3 is 1.89 bits per heavy atom. The predicted molar refractivity (Wildman–Crippen MR) is 221 cm³/mol. The number of para-hydroxylation sites is 2. The van der Waals surface area contributed by atoms with Crippen molar-refractivity contribution in [1.29, 1.82) is 0 Å². The molecular formula is C51H34N2O. The van der Waals surface area contributed by atoms with Gasteiger partial charge in [-0.2, -0.15) is 0 Å². The van der Waals surface area contributed by atoms with Crippen molar-refractivity contribution in [3.8, 4) is 56.0 Å². The van der Waals surface area contributed by atoms with E-state index in [9.17, 15) is 0 Å². The van der Waals surface area contributed by atoms with Gasteiger partial charge in [0.15, 0.2) is 5.58 Å². The Balaban J connectivity index is 0.985. The molecule has 254 valence electrons. The minimum Gasteiger partial charge on any atom is -0.435 e. The molecule has 0 atom stereocenters. The van der Waals surface area contributed by atoms with Gasteiger partial charge in [-0.05, 0) is 116 Å². The number of hydrogen-bond donors (Lipinski definition) is 0. The smallest absolute Gasteiger partial charge is 0.227 e. The standard InChI is InChI=1S/C51H34N2O/c1-3-13-34(14-4-1)51-52-47-25-11-24-44(50(47)54-51)42-22-9-16-36-32-45-39(20-10-23-43(45)49(36)42)33-27-29-38(30-28-33)53(37-17-5-2-6-18-37)48-26-12-21-41-40-19-8-7-15-35(40)31-46(41)48/h1-30H,31-32H2. The van der Waals surface area contributed by atoms with Gasteiger partial charge in [-0.1, -0.05) is 133 Å². The van der Waals surface area contributed by atoms with E-state index in [0.717, 1.165) is 46.4 Å². The van der Waals surface area contributed by atoms with Gasteiger partial charge in [-0.25, -0.2) is 4.98 Å². The number of nitrogens with zero attached hydrogens (tertiary/aromatic N) is 2. The molecule has 3 heteroatoms. The molecule has 2 aliphatic rings. The molecule has 0 aliphatic heterocycles. The van der Waals surface area contributed by atoms with Gasteiger partial charge >= 0.3 is 0 Å². The molecule has 0 N–H and O–H groups in total. The average molecular weight is 691 g/mol. The third kappa shape index (κ3) is 4.86. The van der Waals surface area contributed by atoms with Crippen LogP contribution in [-0.4, -0.2) is 4.98 Å². The van der Waals surface area contributed by atoms with Crippen LogP contribution < -0.4 is 4.90 Å². The molecule has 0 amide bonds. The van der Waals surface area contributed by atoms with Crippen LogP contribution >= 0.6 is 0 Å². The molecule has 54 heavy (non-hydrogen) atoms. The van der Waals surface area contributed by atoms with Crippen LogP contribution in [0, 0.1) is 0 Å². The highest BCUT2D eigenvalue weighted by atomic mass is 16.3. The van der Waals surface area contributed by atoms with Gasteiger partial charge < -0.3 is 9.32 Å². The van der Waals surface area contributed by atoms with Crippen LogP contribution in [0.5, 0.6) is 0 Å². The molecule has 11 rings (SSSR count). The molecule has 0 spiro atoms. The Hall–Kier alpha value is -6.97. The minimum absolute atomic E-state index is 0.643. The summed E-state index contributed by atoms with van der Waals surface area (Å²) in [4.78, 5) is 7.29. The van der Waals surface area contributed by atoms with E-state index < -0.39 is 0 Å². The fraction of sp³-hybridized carbons (Fsp3) is 0.0392. The highest BCUT2D eigenvalue weighted by Crippen LogP contribution is 2.49. The van der Waals surface area contributed by atoms with Gasteiger partial charge in [-0.15, -0.1) is 0 Å². The summed E-state index contributed by atoms with van der Waals surface area (Å²) in [5.41, 5.74) is 21.6. The van der Waals surface area contributed by atoms with Gasteiger partial charge in [-0.3, -0.25) is 0 Å². The summed E-state index contributed by atoms with van der Waals surface area (Å²) in [7, 11) is 0. The molecular weight excluding hydrogens is 657 g/mol. The van der Waals surface area contributed by atoms with Crippen molar-refractivity contribution >= 4 is 28.2 Å². The summed E-state index contributed by atoms with van der Waals surface area (Å²) in [5.74, 6) is 0.643. The zero-order valence-electron chi connectivity index (χ0n) is 29.5. The molecule has 9 aromatic rings. The lowest BCUT2D eigenvalue weighted by molar-refractivity contribution is 0.621. The molecule has 0 radical (unpaired) electrons. The monoisotopic (exact) mass is 690 g/mol. The second kappa shape index (κ2) is 12.3. The largest absolute Gasteiger partial charge is 0.435 e. The lowest BCUT2D eigenvalue weighted by atomic mass is 9.92. The average Bonchev–Trinajstić information content (AvgIpc) is 3.96. The maximum absolute atomic E-state index is 6.50. The fourth-order valence-corrected chi connectivity index (χ4v) is 8.77. The second-order valence-electron chi connectivity index (χ2n) is 14.2. The lowest BCUT2D eigenvalue weighted by Gasteiger charge is -2.28. The van der Waals surface area contributed by atoms with Crippen LogP contribution in [-0.2, 0) is 12.8 Å². The molecule has 1 heterocycles. The van der Waals surface area contributed by atoms with Gasteiger partial charge in [0.05, 0.1) is 5.69 Å². The third-order valence-electron chi connectivity index (χ3n) is 11.2. The summed E-state index contributed by atoms with van der Waals surface area (Å²) in [6.45, 7) is 0. The highest BCUT2D eigenvalue weighted by molar-refractivity contribution is 6.00. The minimum atomic E-state index is 0.643. The van der Waals surface area contributed by atoms with E-state index in [2.05, 4.69) is 150 Å². The molecule has 0 saturated carbocycles. The van der Waals surface area contributed by atoms with Crippen LogP contribution in [0.1, 0.15) is 22.3 Å². The predicted octanol–water partition coefficient (Wildman–Crippen LogP) is 13.4. The number of rotatable bonds is 6. The van der Waals surface area contributed by atoms with Crippen molar-refractivity contribution in [3.63, 3.8) is 0 Å². The van der Waals surface area contributed by atoms with E-state index in [1.807, 2.05) is 36.4 Å². The second-order valence-corrected chi connectivity index (χ2v) is 14.2. The third-order valence-corrected chi connectivity index (χ3v) is 11.2. The van der Waals surface area contributed by atoms with Crippen molar-refractivity contribution in [3.05, 3.63) is 204 Å². The van der Waals surface area contributed by atoms with Gasteiger partial charge in [0.2, 0.25) is 5.89 Å². The van der Waals surface area contributed by atoms with E-state index in [1.165, 1.54) is 66.9 Å². The fourth-order valence-electron chi connectivity index (χ4n) is 8.77. The zero-order chi connectivity index (χ0) is 35.6. The first-order valence-electron chi connectivity index (χ1n) is 18.6. The summed E-state index contributed by atoms with van der Waals surface area (Å²) < 4.78 is 6.50. The first-order chi connectivity index (χ1) is 26.8. The molecule has 3 nitrogen and oxygen atoms in total. The molecule has 0 fully saturated rings. The Labute approximate surface area is 314 Å². The Kier molecular flexibility index (Phi) is 6.99. The Morgan fingerprint density at radius 1 is 0.407 bits per heavy atom. The quantitative estimate of drug-likeness (QED) is 0.174. The molecule has 1 aromatic heterocycles. The highest BCUT2D eigenvalue weighted by Gasteiger charge is 2.27. The number of anilines is 3. The number of aromatic nitrogens is 1. The number of hydrogen-bond acceptors (Lipinski definition) is 3. The van der Waals surface area contributed by atoms with Crippen molar-refractivity contribution in [1.82, 2.24) is 4.98 Å². The number of fused-ring (bicyclic) bond motifs is 7. The van der Waals surface area contributed by atoms with Gasteiger partial charge in [0.25, 0.3) is 0 Å². The molecule has 0 unspecified atom stereocenters. The van der Waals surface area contributed by atoms with Gasteiger partial charge in [0.1, 0.15) is 5.52 Å². The molecule has 2 aliphatic carbocycles. The normalized spacial score (nSPS) is 12.3. The van der Waals surface area contributed by atoms with Crippen molar-refractivity contribution in [2.45, 2.75) is 12.8 Å². The Bertz CT molecular complexity index is 2870. The van der Waals surface area contributed by atoms with E-state index in [0.29, 0.717) is 5.89 Å². The summed E-state index contributed by atoms with van der Waals surface area (Å²) in [6, 6.07) is 65.3. The van der Waals surface area contributed by atoms with Crippen LogP contribution in [0.15, 0.2) is 186 Å². The van der Waals surface area contributed by atoms with E-state index in [-0.39, 0.29) is 0 Å². The topological polar surface area (TPSA) is 29.3 Å². The SMILES string of the molecule is c1ccc(-c2nc3cccc(-c4cccc5c4-c4cccc(-c6ccc(N(c7ccccc7)c7cccc8c7Cc7ccccc7-8)cc6)c4C5)c3o2)cc1. The maximum atomic E-state index is 6.50. The van der Waals surface area contributed by atoms with E-state index >= 15 is 0 Å². The van der Waals surface area contributed by atoms with Crippen molar-refractivity contribution in [2.75, 3.05) is 4.90 Å². The van der Waals surface area contributed by atoms with Crippen LogP contribution in [0.4, 0.5) is 17.1 Å². The van der Waals surface area contributed by atoms with Crippen LogP contribution in [0.25, 0.3) is 67.1 Å². The van der Waals surface area contributed by atoms with Crippen LogP contribution in [0.3, 0.4) is 0 Å². The van der Waals surface area contributed by atoms with Crippen molar-refractivity contribution < 1.29 is 4.42 Å². The van der Waals surface area contributed by atoms with E-state index in [4.69, 9.17) is 9.40 Å². The maximum Gasteiger partial charge on any atom is 0.227 e. The molecule has 0 bridgehead atoms. The lowest BCUT2D eigenvalue weighted by Crippen LogP contribution is -2.12. The summed E-state index contributed by atoms with van der Waals surface area (Å²) in [5, 5.41) is 0. The first kappa shape index (κ1) is 30.6. The summed E-state index contributed by atoms with van der Waals surface area (Å²) in [6.07, 6.45) is 1.81. The Morgan fingerprint density at radius 2 is 1.02 bits per heavy atom. The van der Waals surface area contributed by atoms with Crippen molar-refractivity contribution in [2.24, 2.45) is 0 Å². The van der Waals surface area contributed by atoms with E-state index in [1.54, 1.807) is 0 Å². The van der Waals surface area contributed by atoms with Gasteiger partial charge in [0, 0.05) is 28.9 Å². The van der Waals surface area contributed by atoms with Crippen LogP contribution in [0.2, 0.25) is 0 Å². The molecule has 0 saturated heterocycles. The number of benzene rings is 8. The first-order valence-corrected chi connectivity index (χ1v) is 18.6. The number of oxazole rings is 1.